The van der Waals surface area contributed by atoms with Gasteiger partial charge in [0, 0.05) is 12.3 Å². The Bertz CT molecular complexity index is 569. The summed E-state index contributed by atoms with van der Waals surface area (Å²) in [6.45, 7) is 1.46. The van der Waals surface area contributed by atoms with Gasteiger partial charge in [0.15, 0.2) is 11.6 Å². The smallest absolute Gasteiger partial charge is 0.326 e. The zero-order valence-corrected chi connectivity index (χ0v) is 10.6. The van der Waals surface area contributed by atoms with E-state index in [-0.39, 0.29) is 6.42 Å². The first kappa shape index (κ1) is 15.6. The molecule has 0 aliphatic heterocycles. The normalized spacial score (nSPS) is 13.1. The van der Waals surface area contributed by atoms with Crippen LogP contribution in [0.15, 0.2) is 18.2 Å². The second kappa shape index (κ2) is 6.61. The van der Waals surface area contributed by atoms with E-state index in [4.69, 9.17) is 10.4 Å². The van der Waals surface area contributed by atoms with Crippen molar-refractivity contribution in [2.45, 2.75) is 19.4 Å². The average molecular weight is 282 g/mol. The lowest BCUT2D eigenvalue weighted by Gasteiger charge is -2.19. The molecule has 1 aromatic carbocycles. The van der Waals surface area contributed by atoms with E-state index in [2.05, 4.69) is 5.32 Å². The van der Waals surface area contributed by atoms with Crippen LogP contribution in [0.1, 0.15) is 23.7 Å². The van der Waals surface area contributed by atoms with Crippen LogP contribution in [-0.4, -0.2) is 23.0 Å². The number of rotatable bonds is 5. The van der Waals surface area contributed by atoms with Gasteiger partial charge in [0.25, 0.3) is 5.91 Å². The molecule has 0 bridgehead atoms. The number of nitrogens with zero attached hydrogens (tertiary/aromatic N) is 1. The molecule has 20 heavy (non-hydrogen) atoms. The van der Waals surface area contributed by atoms with Crippen LogP contribution < -0.4 is 5.32 Å². The van der Waals surface area contributed by atoms with Gasteiger partial charge >= 0.3 is 5.97 Å². The van der Waals surface area contributed by atoms with Gasteiger partial charge in [0.05, 0.1) is 11.6 Å². The van der Waals surface area contributed by atoms with Gasteiger partial charge in [-0.25, -0.2) is 13.6 Å². The van der Waals surface area contributed by atoms with Crippen molar-refractivity contribution in [1.29, 1.82) is 5.26 Å². The maximum atomic E-state index is 13.4. The van der Waals surface area contributed by atoms with Gasteiger partial charge in [-0.1, -0.05) is 13.0 Å². The Morgan fingerprint density at radius 1 is 1.45 bits per heavy atom. The van der Waals surface area contributed by atoms with Crippen LogP contribution in [0, 0.1) is 28.9 Å². The van der Waals surface area contributed by atoms with Crippen LogP contribution in [0.25, 0.3) is 0 Å². The maximum absolute atomic E-state index is 13.4. The lowest BCUT2D eigenvalue weighted by atomic mass is 9.98. The van der Waals surface area contributed by atoms with Gasteiger partial charge in [-0.15, -0.1) is 0 Å². The maximum Gasteiger partial charge on any atom is 0.326 e. The number of amides is 1. The molecule has 2 atom stereocenters. The van der Waals surface area contributed by atoms with Crippen molar-refractivity contribution in [2.24, 2.45) is 5.92 Å². The quantitative estimate of drug-likeness (QED) is 0.860. The number of carbonyl (C=O) groups is 2. The fourth-order valence-electron chi connectivity index (χ4n) is 1.61. The fraction of sp³-hybridized carbons (Fsp3) is 0.308. The topological polar surface area (TPSA) is 90.2 Å². The number of nitrogens with one attached hydrogen (secondary N) is 1. The minimum atomic E-state index is -1.36. The molecule has 106 valence electrons. The highest BCUT2D eigenvalue weighted by Gasteiger charge is 2.28. The van der Waals surface area contributed by atoms with Gasteiger partial charge in [-0.3, -0.25) is 4.79 Å². The highest BCUT2D eigenvalue weighted by molar-refractivity contribution is 5.96. The summed E-state index contributed by atoms with van der Waals surface area (Å²) < 4.78 is 26.4. The molecule has 7 heteroatoms. The standard InChI is InChI=1S/C13H12F2N2O3/c1-7(5-6-16)11(13(19)20)17-12(18)8-3-2-4-9(14)10(8)15/h2-4,7,11H,5H2,1H3,(H,17,18)(H,19,20)/t7-,11+/m1/s1. The zero-order valence-electron chi connectivity index (χ0n) is 10.6. The Kier molecular flexibility index (Phi) is 5.15. The summed E-state index contributed by atoms with van der Waals surface area (Å²) in [4.78, 5) is 22.8. The minimum absolute atomic E-state index is 0.0944. The molecule has 0 fully saturated rings. The molecule has 1 aromatic rings. The molecule has 2 N–H and O–H groups in total. The molecule has 1 amide bonds. The van der Waals surface area contributed by atoms with Crippen LogP contribution in [0.2, 0.25) is 0 Å². The van der Waals surface area contributed by atoms with Crippen LogP contribution >= 0.6 is 0 Å². The number of aliphatic carboxylic acids is 1. The number of hydrogen-bond acceptors (Lipinski definition) is 3. The summed E-state index contributed by atoms with van der Waals surface area (Å²) in [5, 5.41) is 19.6. The third kappa shape index (κ3) is 3.51. The molecular formula is C13H12F2N2O3. The van der Waals surface area contributed by atoms with Crippen LogP contribution in [0.3, 0.4) is 0 Å². The number of carboxylic acids is 1. The molecule has 0 spiro atoms. The van der Waals surface area contributed by atoms with E-state index in [1.54, 1.807) is 6.07 Å². The lowest BCUT2D eigenvalue weighted by Crippen LogP contribution is -2.45. The Hall–Kier alpha value is -2.49. The molecule has 0 unspecified atom stereocenters. The Morgan fingerprint density at radius 3 is 2.65 bits per heavy atom. The van der Waals surface area contributed by atoms with Crippen LogP contribution in [0.5, 0.6) is 0 Å². The van der Waals surface area contributed by atoms with E-state index in [1.807, 2.05) is 0 Å². The summed E-state index contributed by atoms with van der Waals surface area (Å²) in [5.74, 6) is -5.60. The summed E-state index contributed by atoms with van der Waals surface area (Å²) in [6, 6.07) is 3.46. The number of halogens is 2. The first-order valence-corrected chi connectivity index (χ1v) is 5.73. The predicted octanol–water partition coefficient (Wildman–Crippen LogP) is 1.70. The van der Waals surface area contributed by atoms with Gasteiger partial charge in [0.1, 0.15) is 6.04 Å². The van der Waals surface area contributed by atoms with Crippen molar-refractivity contribution >= 4 is 11.9 Å². The van der Waals surface area contributed by atoms with E-state index in [1.165, 1.54) is 6.92 Å². The molecule has 0 radical (unpaired) electrons. The number of carboxylic acid groups (broad SMARTS) is 1. The van der Waals surface area contributed by atoms with Crippen molar-refractivity contribution in [3.8, 4) is 6.07 Å². The number of carbonyl (C=O) groups excluding carboxylic acids is 1. The predicted molar refractivity (Wildman–Crippen MR) is 64.6 cm³/mol. The van der Waals surface area contributed by atoms with E-state index in [0.29, 0.717) is 0 Å². The van der Waals surface area contributed by atoms with E-state index >= 15 is 0 Å². The Balaban J connectivity index is 2.95. The second-order valence-electron chi connectivity index (χ2n) is 4.23. The van der Waals surface area contributed by atoms with Crippen molar-refractivity contribution in [1.82, 2.24) is 5.32 Å². The molecule has 0 aliphatic carbocycles. The second-order valence-corrected chi connectivity index (χ2v) is 4.23. The van der Waals surface area contributed by atoms with Crippen molar-refractivity contribution in [3.05, 3.63) is 35.4 Å². The lowest BCUT2D eigenvalue weighted by molar-refractivity contribution is -0.140. The molecule has 1 rings (SSSR count). The summed E-state index contributed by atoms with van der Waals surface area (Å²) in [7, 11) is 0. The van der Waals surface area contributed by atoms with Crippen molar-refractivity contribution < 1.29 is 23.5 Å². The van der Waals surface area contributed by atoms with Crippen LogP contribution in [0.4, 0.5) is 8.78 Å². The van der Waals surface area contributed by atoms with Gasteiger partial charge in [-0.05, 0) is 12.1 Å². The third-order valence-electron chi connectivity index (χ3n) is 2.73. The molecule has 0 saturated heterocycles. The van der Waals surface area contributed by atoms with Gasteiger partial charge < -0.3 is 10.4 Å². The molecule has 0 saturated carbocycles. The van der Waals surface area contributed by atoms with E-state index < -0.39 is 41.0 Å². The van der Waals surface area contributed by atoms with Crippen molar-refractivity contribution in [3.63, 3.8) is 0 Å². The largest absolute Gasteiger partial charge is 0.480 e. The average Bonchev–Trinajstić information content (AvgIpc) is 2.38. The third-order valence-corrected chi connectivity index (χ3v) is 2.73. The first-order chi connectivity index (χ1) is 9.38. The molecular weight excluding hydrogens is 270 g/mol. The van der Waals surface area contributed by atoms with Gasteiger partial charge in [0.2, 0.25) is 0 Å². The SMILES string of the molecule is C[C@H](CC#N)[C@H](NC(=O)c1cccc(F)c1F)C(=O)O. The molecule has 0 aromatic heterocycles. The number of benzene rings is 1. The Morgan fingerprint density at radius 2 is 2.10 bits per heavy atom. The monoisotopic (exact) mass is 282 g/mol. The Labute approximate surface area is 113 Å². The van der Waals surface area contributed by atoms with E-state index in [9.17, 15) is 18.4 Å². The molecule has 5 nitrogen and oxygen atoms in total. The summed E-state index contributed by atoms with van der Waals surface area (Å²) in [6.07, 6.45) is -0.0944. The number of nitriles is 1. The van der Waals surface area contributed by atoms with Crippen molar-refractivity contribution in [2.75, 3.05) is 0 Å². The van der Waals surface area contributed by atoms with Gasteiger partial charge in [-0.2, -0.15) is 5.26 Å². The molecule has 0 heterocycles. The highest BCUT2D eigenvalue weighted by atomic mass is 19.2. The highest BCUT2D eigenvalue weighted by Crippen LogP contribution is 2.13. The number of hydrogen-bond donors (Lipinski definition) is 2. The zero-order chi connectivity index (χ0) is 15.3. The first-order valence-electron chi connectivity index (χ1n) is 5.73. The molecule has 0 aliphatic rings. The van der Waals surface area contributed by atoms with E-state index in [0.717, 1.165) is 18.2 Å². The fourth-order valence-corrected chi connectivity index (χ4v) is 1.61. The summed E-state index contributed by atoms with van der Waals surface area (Å²) >= 11 is 0. The van der Waals surface area contributed by atoms with Crippen LogP contribution in [-0.2, 0) is 4.79 Å². The minimum Gasteiger partial charge on any atom is -0.480 e. The summed E-state index contributed by atoms with van der Waals surface area (Å²) in [5.41, 5.74) is -0.583.